The number of rotatable bonds is 3. The van der Waals surface area contributed by atoms with E-state index in [1.807, 2.05) is 0 Å². The lowest BCUT2D eigenvalue weighted by atomic mass is 10.3. The summed E-state index contributed by atoms with van der Waals surface area (Å²) in [6, 6.07) is 7.17. The lowest BCUT2D eigenvalue weighted by molar-refractivity contribution is 0.440. The van der Waals surface area contributed by atoms with Crippen LogP contribution in [0.2, 0.25) is 5.02 Å². The molecule has 0 spiro atoms. The second-order valence-electron chi connectivity index (χ2n) is 4.53. The fraction of sp³-hybridized carbons (Fsp3) is 0.308. The molecule has 0 atom stereocenters. The standard InChI is InChI=1S/C13H14ClN5O/c14-9-3-5-10(6-4-9)20-13-17-11(15)16-12(18-13)19-7-1-2-8-19/h3-6H,1-2,7-8H2,(H2,15,16,17,18). The third-order valence-corrected chi connectivity index (χ3v) is 3.28. The fourth-order valence-corrected chi connectivity index (χ4v) is 2.20. The van der Waals surface area contributed by atoms with Crippen molar-refractivity contribution in [1.82, 2.24) is 15.0 Å². The number of anilines is 2. The van der Waals surface area contributed by atoms with E-state index >= 15 is 0 Å². The van der Waals surface area contributed by atoms with E-state index in [2.05, 4.69) is 19.9 Å². The molecule has 0 unspecified atom stereocenters. The van der Waals surface area contributed by atoms with Crippen molar-refractivity contribution in [3.05, 3.63) is 29.3 Å². The molecule has 7 heteroatoms. The number of nitrogens with two attached hydrogens (primary N) is 1. The Morgan fingerprint density at radius 1 is 1.05 bits per heavy atom. The van der Waals surface area contributed by atoms with Crippen molar-refractivity contribution >= 4 is 23.5 Å². The van der Waals surface area contributed by atoms with Crippen LogP contribution in [0.1, 0.15) is 12.8 Å². The Morgan fingerprint density at radius 3 is 2.45 bits per heavy atom. The minimum absolute atomic E-state index is 0.158. The first-order valence-corrected chi connectivity index (χ1v) is 6.78. The van der Waals surface area contributed by atoms with Gasteiger partial charge in [-0.3, -0.25) is 0 Å². The Bertz CT molecular complexity index is 598. The molecule has 0 saturated carbocycles. The largest absolute Gasteiger partial charge is 0.424 e. The average Bonchev–Trinajstić information content (AvgIpc) is 2.95. The second-order valence-corrected chi connectivity index (χ2v) is 4.96. The first kappa shape index (κ1) is 12.9. The molecule has 0 radical (unpaired) electrons. The Hall–Kier alpha value is -2.08. The van der Waals surface area contributed by atoms with Gasteiger partial charge in [-0.25, -0.2) is 0 Å². The zero-order valence-electron chi connectivity index (χ0n) is 10.8. The van der Waals surface area contributed by atoms with E-state index in [-0.39, 0.29) is 12.0 Å². The summed E-state index contributed by atoms with van der Waals surface area (Å²) in [6.45, 7) is 1.87. The van der Waals surface area contributed by atoms with Crippen molar-refractivity contribution in [2.45, 2.75) is 12.8 Å². The van der Waals surface area contributed by atoms with E-state index in [4.69, 9.17) is 22.1 Å². The van der Waals surface area contributed by atoms with Gasteiger partial charge in [-0.1, -0.05) is 11.6 Å². The van der Waals surface area contributed by atoms with Crippen molar-refractivity contribution in [3.63, 3.8) is 0 Å². The quantitative estimate of drug-likeness (QED) is 0.936. The second kappa shape index (κ2) is 5.50. The van der Waals surface area contributed by atoms with Gasteiger partial charge in [0.15, 0.2) is 0 Å². The Labute approximate surface area is 121 Å². The average molecular weight is 292 g/mol. The predicted octanol–water partition coefficient (Wildman–Crippen LogP) is 2.50. The van der Waals surface area contributed by atoms with Crippen LogP contribution in [-0.4, -0.2) is 28.0 Å². The molecule has 1 aromatic carbocycles. The summed E-state index contributed by atoms with van der Waals surface area (Å²) in [6.07, 6.45) is 2.28. The molecule has 0 bridgehead atoms. The highest BCUT2D eigenvalue weighted by Gasteiger charge is 2.17. The maximum atomic E-state index is 5.83. The van der Waals surface area contributed by atoms with E-state index in [0.717, 1.165) is 25.9 Å². The van der Waals surface area contributed by atoms with Crippen LogP contribution in [0.25, 0.3) is 0 Å². The monoisotopic (exact) mass is 291 g/mol. The Kier molecular flexibility index (Phi) is 3.56. The molecule has 6 nitrogen and oxygen atoms in total. The topological polar surface area (TPSA) is 77.2 Å². The lowest BCUT2D eigenvalue weighted by Gasteiger charge is -2.15. The highest BCUT2D eigenvalue weighted by molar-refractivity contribution is 6.30. The molecule has 1 saturated heterocycles. The molecule has 1 aliphatic rings. The normalized spacial score (nSPS) is 14.6. The van der Waals surface area contributed by atoms with Crippen LogP contribution in [0, 0.1) is 0 Å². The van der Waals surface area contributed by atoms with Crippen LogP contribution in [0.15, 0.2) is 24.3 Å². The summed E-state index contributed by atoms with van der Waals surface area (Å²) in [7, 11) is 0. The minimum atomic E-state index is 0.158. The highest BCUT2D eigenvalue weighted by atomic mass is 35.5. The summed E-state index contributed by atoms with van der Waals surface area (Å²) in [4.78, 5) is 14.5. The van der Waals surface area contributed by atoms with Crippen LogP contribution in [0.5, 0.6) is 11.8 Å². The number of nitrogen functional groups attached to an aromatic ring is 1. The smallest absolute Gasteiger partial charge is 0.328 e. The van der Waals surface area contributed by atoms with E-state index in [9.17, 15) is 0 Å². The van der Waals surface area contributed by atoms with Gasteiger partial charge in [0.25, 0.3) is 0 Å². The molecule has 3 rings (SSSR count). The number of aromatic nitrogens is 3. The van der Waals surface area contributed by atoms with E-state index in [1.54, 1.807) is 24.3 Å². The number of ether oxygens (including phenoxy) is 1. The van der Waals surface area contributed by atoms with Crippen LogP contribution in [0.3, 0.4) is 0 Å². The van der Waals surface area contributed by atoms with Gasteiger partial charge in [0.1, 0.15) is 5.75 Å². The van der Waals surface area contributed by atoms with E-state index in [0.29, 0.717) is 16.7 Å². The summed E-state index contributed by atoms with van der Waals surface area (Å²) >= 11 is 5.83. The minimum Gasteiger partial charge on any atom is -0.424 e. The fourth-order valence-electron chi connectivity index (χ4n) is 2.07. The van der Waals surface area contributed by atoms with Gasteiger partial charge >= 0.3 is 6.01 Å². The zero-order valence-corrected chi connectivity index (χ0v) is 11.5. The number of hydrogen-bond acceptors (Lipinski definition) is 6. The Balaban J connectivity index is 1.83. The SMILES string of the molecule is Nc1nc(Oc2ccc(Cl)cc2)nc(N2CCCC2)n1. The van der Waals surface area contributed by atoms with Gasteiger partial charge in [-0.15, -0.1) is 0 Å². The molecule has 0 aliphatic carbocycles. The molecule has 2 aromatic rings. The molecule has 20 heavy (non-hydrogen) atoms. The Morgan fingerprint density at radius 2 is 1.75 bits per heavy atom. The van der Waals surface area contributed by atoms with Crippen molar-refractivity contribution in [2.75, 3.05) is 23.7 Å². The highest BCUT2D eigenvalue weighted by Crippen LogP contribution is 2.23. The molecule has 2 N–H and O–H groups in total. The molecule has 1 fully saturated rings. The van der Waals surface area contributed by atoms with Gasteiger partial charge in [-0.2, -0.15) is 15.0 Å². The maximum absolute atomic E-state index is 5.83. The van der Waals surface area contributed by atoms with Gasteiger partial charge in [0.05, 0.1) is 0 Å². The van der Waals surface area contributed by atoms with Crippen LogP contribution < -0.4 is 15.4 Å². The molecule has 1 aromatic heterocycles. The predicted molar refractivity (Wildman–Crippen MR) is 77.2 cm³/mol. The van der Waals surface area contributed by atoms with Gasteiger partial charge in [0, 0.05) is 18.1 Å². The van der Waals surface area contributed by atoms with E-state index < -0.39 is 0 Å². The van der Waals surface area contributed by atoms with Gasteiger partial charge in [-0.05, 0) is 37.1 Å². The first-order chi connectivity index (χ1) is 9.70. The van der Waals surface area contributed by atoms with Crippen LogP contribution >= 0.6 is 11.6 Å². The molecule has 0 amide bonds. The van der Waals surface area contributed by atoms with E-state index in [1.165, 1.54) is 0 Å². The van der Waals surface area contributed by atoms with Crippen molar-refractivity contribution in [2.24, 2.45) is 0 Å². The van der Waals surface area contributed by atoms with Gasteiger partial charge in [0.2, 0.25) is 11.9 Å². The summed E-state index contributed by atoms with van der Waals surface area (Å²) in [5.41, 5.74) is 5.71. The lowest BCUT2D eigenvalue weighted by Crippen LogP contribution is -2.21. The first-order valence-electron chi connectivity index (χ1n) is 6.40. The van der Waals surface area contributed by atoms with Crippen molar-refractivity contribution in [1.29, 1.82) is 0 Å². The summed E-state index contributed by atoms with van der Waals surface area (Å²) in [5, 5.41) is 0.644. The zero-order chi connectivity index (χ0) is 13.9. The molecule has 1 aliphatic heterocycles. The maximum Gasteiger partial charge on any atom is 0.328 e. The third-order valence-electron chi connectivity index (χ3n) is 3.03. The van der Waals surface area contributed by atoms with Gasteiger partial charge < -0.3 is 15.4 Å². The molecular formula is C13H14ClN5O. The number of benzene rings is 1. The number of halogens is 1. The third kappa shape index (κ3) is 2.91. The molecule has 104 valence electrons. The van der Waals surface area contributed by atoms with Crippen LogP contribution in [0.4, 0.5) is 11.9 Å². The summed E-state index contributed by atoms with van der Waals surface area (Å²) in [5.74, 6) is 1.33. The summed E-state index contributed by atoms with van der Waals surface area (Å²) < 4.78 is 5.59. The van der Waals surface area contributed by atoms with Crippen molar-refractivity contribution < 1.29 is 4.74 Å². The molecular weight excluding hydrogens is 278 g/mol. The van der Waals surface area contributed by atoms with Crippen LogP contribution in [-0.2, 0) is 0 Å². The number of hydrogen-bond donors (Lipinski definition) is 1. The molecule has 2 heterocycles. The number of nitrogens with zero attached hydrogens (tertiary/aromatic N) is 4. The van der Waals surface area contributed by atoms with Crippen molar-refractivity contribution in [3.8, 4) is 11.8 Å².